The highest BCUT2D eigenvalue weighted by atomic mass is 16.3. The van der Waals surface area contributed by atoms with Gasteiger partial charge in [-0.15, -0.1) is 0 Å². The first-order valence-electron chi connectivity index (χ1n) is 7.48. The molecule has 0 unspecified atom stereocenters. The number of phenolic OH excluding ortho intramolecular Hbond substituents is 1. The molecule has 1 aliphatic heterocycles. The molecule has 0 atom stereocenters. The average molecular weight is 293 g/mol. The van der Waals surface area contributed by atoms with Gasteiger partial charge in [0.15, 0.2) is 11.6 Å². The molecule has 4 heteroatoms. The van der Waals surface area contributed by atoms with Crippen LogP contribution in [0, 0.1) is 0 Å². The van der Waals surface area contributed by atoms with Gasteiger partial charge in [-0.05, 0) is 25.0 Å². The van der Waals surface area contributed by atoms with E-state index in [1.807, 2.05) is 0 Å². The van der Waals surface area contributed by atoms with Crippen LogP contribution in [0.1, 0.15) is 44.7 Å². The first-order chi connectivity index (χ1) is 10.7. The number of ketones is 2. The maximum absolute atomic E-state index is 12.9. The van der Waals surface area contributed by atoms with Crippen LogP contribution >= 0.6 is 0 Å². The van der Waals surface area contributed by atoms with E-state index in [1.54, 1.807) is 30.3 Å². The maximum atomic E-state index is 12.9. The Labute approximate surface area is 128 Å². The second-order valence-corrected chi connectivity index (χ2v) is 5.75. The Hall–Kier alpha value is -2.62. The lowest BCUT2D eigenvalue weighted by Gasteiger charge is -2.26. The minimum Gasteiger partial charge on any atom is -0.507 e. The number of nitrogens with zero attached hydrogens (tertiary/aromatic N) is 1. The summed E-state index contributed by atoms with van der Waals surface area (Å²) < 4.78 is 0. The van der Waals surface area contributed by atoms with E-state index in [1.165, 1.54) is 6.07 Å². The minimum atomic E-state index is -0.274. The van der Waals surface area contributed by atoms with Crippen LogP contribution in [0.2, 0.25) is 0 Å². The van der Waals surface area contributed by atoms with Crippen molar-refractivity contribution in [1.82, 2.24) is 0 Å². The first-order valence-corrected chi connectivity index (χ1v) is 7.48. The molecule has 1 heterocycles. The predicted molar refractivity (Wildman–Crippen MR) is 82.9 cm³/mol. The van der Waals surface area contributed by atoms with Crippen LogP contribution in [-0.4, -0.2) is 29.8 Å². The molecule has 1 aliphatic carbocycles. The van der Waals surface area contributed by atoms with Gasteiger partial charge in [0, 0.05) is 29.9 Å². The number of hydrogen-bond acceptors (Lipinski definition) is 4. The van der Waals surface area contributed by atoms with Gasteiger partial charge >= 0.3 is 0 Å². The Morgan fingerprint density at radius 3 is 2.05 bits per heavy atom. The third-order valence-electron chi connectivity index (χ3n) is 4.48. The molecular weight excluding hydrogens is 278 g/mol. The highest BCUT2D eigenvalue weighted by Crippen LogP contribution is 2.39. The van der Waals surface area contributed by atoms with Crippen molar-refractivity contribution in [3.05, 3.63) is 58.7 Å². The molecule has 2 aliphatic rings. The Kier molecular flexibility index (Phi) is 2.79. The molecule has 4 rings (SSSR count). The van der Waals surface area contributed by atoms with Crippen molar-refractivity contribution in [3.63, 3.8) is 0 Å². The van der Waals surface area contributed by atoms with E-state index in [9.17, 15) is 14.7 Å². The van der Waals surface area contributed by atoms with Crippen molar-refractivity contribution in [2.75, 3.05) is 18.0 Å². The van der Waals surface area contributed by atoms with Gasteiger partial charge in [-0.2, -0.15) is 0 Å². The average Bonchev–Trinajstić information content (AvgIpc) is 3.06. The van der Waals surface area contributed by atoms with E-state index >= 15 is 0 Å². The number of carbonyl (C=O) groups excluding carboxylic acids is 2. The number of rotatable bonds is 1. The fraction of sp³-hybridized carbons (Fsp3) is 0.222. The summed E-state index contributed by atoms with van der Waals surface area (Å²) >= 11 is 0. The third-order valence-corrected chi connectivity index (χ3v) is 4.48. The highest BCUT2D eigenvalue weighted by Gasteiger charge is 2.35. The largest absolute Gasteiger partial charge is 0.507 e. The molecule has 110 valence electrons. The molecule has 1 fully saturated rings. The zero-order valence-electron chi connectivity index (χ0n) is 12.0. The molecule has 0 saturated carbocycles. The van der Waals surface area contributed by atoms with Gasteiger partial charge in [0.1, 0.15) is 5.75 Å². The zero-order valence-corrected chi connectivity index (χ0v) is 12.0. The number of fused-ring (bicyclic) bond motifs is 2. The molecule has 0 amide bonds. The topological polar surface area (TPSA) is 57.6 Å². The summed E-state index contributed by atoms with van der Waals surface area (Å²) in [6.45, 7) is 1.75. The fourth-order valence-corrected chi connectivity index (χ4v) is 3.41. The van der Waals surface area contributed by atoms with Gasteiger partial charge in [0.05, 0.1) is 11.1 Å². The van der Waals surface area contributed by atoms with E-state index < -0.39 is 0 Å². The quantitative estimate of drug-likeness (QED) is 0.749. The zero-order chi connectivity index (χ0) is 15.3. The summed E-state index contributed by atoms with van der Waals surface area (Å²) in [5.74, 6) is -0.572. The predicted octanol–water partition coefficient (Wildman–Crippen LogP) is 2.77. The number of phenols is 1. The van der Waals surface area contributed by atoms with Crippen molar-refractivity contribution in [2.45, 2.75) is 12.8 Å². The molecule has 2 aromatic rings. The molecular formula is C18H15NO3. The van der Waals surface area contributed by atoms with Gasteiger partial charge in [-0.1, -0.05) is 24.3 Å². The molecule has 0 bridgehead atoms. The Morgan fingerprint density at radius 2 is 1.41 bits per heavy atom. The Bertz CT molecular complexity index is 804. The number of benzene rings is 2. The standard InChI is InChI=1S/C18H15NO3/c20-14-8-7-13(19-9-3-4-10-19)15-16(14)18(22)12-6-2-1-5-11(12)17(15)21/h1-2,5-8,20H,3-4,9-10H2. The van der Waals surface area contributed by atoms with E-state index in [2.05, 4.69) is 4.90 Å². The first kappa shape index (κ1) is 13.1. The van der Waals surface area contributed by atoms with E-state index in [0.29, 0.717) is 16.7 Å². The molecule has 4 nitrogen and oxygen atoms in total. The molecule has 0 spiro atoms. The second-order valence-electron chi connectivity index (χ2n) is 5.75. The van der Waals surface area contributed by atoms with Crippen LogP contribution in [0.15, 0.2) is 36.4 Å². The van der Waals surface area contributed by atoms with Crippen LogP contribution in [0.3, 0.4) is 0 Å². The number of anilines is 1. The smallest absolute Gasteiger partial charge is 0.198 e. The van der Waals surface area contributed by atoms with Crippen LogP contribution < -0.4 is 4.90 Å². The summed E-state index contributed by atoms with van der Waals surface area (Å²) in [6, 6.07) is 10.1. The van der Waals surface area contributed by atoms with Gasteiger partial charge in [0.25, 0.3) is 0 Å². The Balaban J connectivity index is 1.99. The minimum absolute atomic E-state index is 0.120. The molecule has 1 saturated heterocycles. The van der Waals surface area contributed by atoms with E-state index in [4.69, 9.17) is 0 Å². The summed E-state index contributed by atoms with van der Waals surface area (Å²) in [7, 11) is 0. The maximum Gasteiger partial charge on any atom is 0.198 e. The lowest BCUT2D eigenvalue weighted by Crippen LogP contribution is -2.26. The van der Waals surface area contributed by atoms with Gasteiger partial charge < -0.3 is 10.0 Å². The van der Waals surface area contributed by atoms with Gasteiger partial charge in [-0.3, -0.25) is 9.59 Å². The number of hydrogen-bond donors (Lipinski definition) is 1. The summed E-state index contributed by atoms with van der Waals surface area (Å²) in [5, 5.41) is 10.1. The summed E-state index contributed by atoms with van der Waals surface area (Å²) in [4.78, 5) is 27.7. The van der Waals surface area contributed by atoms with Gasteiger partial charge in [0.2, 0.25) is 0 Å². The van der Waals surface area contributed by atoms with Crippen LogP contribution in [0.25, 0.3) is 0 Å². The Morgan fingerprint density at radius 1 is 0.818 bits per heavy atom. The SMILES string of the molecule is O=C1c2ccccc2C(=O)c2c(N3CCCC3)ccc(O)c21. The van der Waals surface area contributed by atoms with Crippen molar-refractivity contribution in [1.29, 1.82) is 0 Å². The van der Waals surface area contributed by atoms with E-state index in [0.717, 1.165) is 31.6 Å². The molecule has 22 heavy (non-hydrogen) atoms. The molecule has 1 N–H and O–H groups in total. The van der Waals surface area contributed by atoms with Crippen LogP contribution in [0.4, 0.5) is 5.69 Å². The fourth-order valence-electron chi connectivity index (χ4n) is 3.41. The number of aromatic hydroxyl groups is 1. The lowest BCUT2D eigenvalue weighted by molar-refractivity contribution is 0.0977. The van der Waals surface area contributed by atoms with Gasteiger partial charge in [-0.25, -0.2) is 0 Å². The molecule has 0 aromatic heterocycles. The van der Waals surface area contributed by atoms with Crippen LogP contribution in [-0.2, 0) is 0 Å². The van der Waals surface area contributed by atoms with Crippen molar-refractivity contribution in [2.24, 2.45) is 0 Å². The summed E-state index contributed by atoms with van der Waals surface area (Å²) in [6.07, 6.45) is 2.16. The third kappa shape index (κ3) is 1.70. The summed E-state index contributed by atoms with van der Waals surface area (Å²) in [5.41, 5.74) is 2.05. The number of carbonyl (C=O) groups is 2. The van der Waals surface area contributed by atoms with Crippen molar-refractivity contribution < 1.29 is 14.7 Å². The molecule has 0 radical (unpaired) electrons. The normalized spacial score (nSPS) is 16.6. The highest BCUT2D eigenvalue weighted by molar-refractivity contribution is 6.31. The van der Waals surface area contributed by atoms with Crippen LogP contribution in [0.5, 0.6) is 5.75 Å². The molecule has 2 aromatic carbocycles. The van der Waals surface area contributed by atoms with Crippen molar-refractivity contribution >= 4 is 17.3 Å². The van der Waals surface area contributed by atoms with Crippen molar-refractivity contribution in [3.8, 4) is 5.75 Å². The monoisotopic (exact) mass is 293 g/mol. The second kappa shape index (κ2) is 4.70. The lowest BCUT2D eigenvalue weighted by atomic mass is 9.82. The van der Waals surface area contributed by atoms with E-state index in [-0.39, 0.29) is 22.9 Å².